The number of benzene rings is 1. The zero-order chi connectivity index (χ0) is 17.8. The summed E-state index contributed by atoms with van der Waals surface area (Å²) in [7, 11) is 0. The lowest BCUT2D eigenvalue weighted by atomic mass is 9.99. The third kappa shape index (κ3) is 4.24. The molecule has 1 fully saturated rings. The number of piperidine rings is 1. The molecule has 0 radical (unpaired) electrons. The molecule has 0 amide bonds. The van der Waals surface area contributed by atoms with Gasteiger partial charge in [0.1, 0.15) is 12.3 Å². The summed E-state index contributed by atoms with van der Waals surface area (Å²) < 4.78 is 5.79. The van der Waals surface area contributed by atoms with Crippen LogP contribution >= 0.6 is 0 Å². The Balaban J connectivity index is 1.88. The summed E-state index contributed by atoms with van der Waals surface area (Å²) in [5.74, 6) is 1.54. The van der Waals surface area contributed by atoms with Gasteiger partial charge >= 0.3 is 0 Å². The molecular weight excluding hydrogens is 312 g/mol. The molecule has 0 spiro atoms. The maximum absolute atomic E-state index is 13.1. The Labute approximate surface area is 150 Å². The highest BCUT2D eigenvalue weighted by Gasteiger charge is 2.22. The van der Waals surface area contributed by atoms with Crippen LogP contribution in [-0.4, -0.2) is 24.7 Å². The lowest BCUT2D eigenvalue weighted by Crippen LogP contribution is -3.12. The first kappa shape index (κ1) is 18.0. The van der Waals surface area contributed by atoms with Crippen LogP contribution in [0, 0.1) is 12.8 Å². The topological polar surface area (TPSA) is 46.5 Å². The Morgan fingerprint density at radius 3 is 2.96 bits per heavy atom. The predicted octanol–water partition coefficient (Wildman–Crippen LogP) is 2.83. The molecular formula is C21H31N2O2+. The molecule has 3 rings (SSSR count). The number of aromatic nitrogens is 1. The van der Waals surface area contributed by atoms with Gasteiger partial charge in [0.05, 0.1) is 25.3 Å². The fraction of sp³-hybridized carbons (Fsp3) is 0.571. The zero-order valence-electron chi connectivity index (χ0n) is 15.8. The van der Waals surface area contributed by atoms with Crippen molar-refractivity contribution in [1.82, 2.24) is 4.98 Å². The van der Waals surface area contributed by atoms with Crippen LogP contribution in [0.15, 0.2) is 23.0 Å². The number of aromatic amines is 1. The van der Waals surface area contributed by atoms with Gasteiger partial charge in [-0.05, 0) is 44.4 Å². The van der Waals surface area contributed by atoms with E-state index in [1.807, 2.05) is 25.1 Å². The minimum Gasteiger partial charge on any atom is -0.494 e. The van der Waals surface area contributed by atoms with Gasteiger partial charge in [0, 0.05) is 22.5 Å². The van der Waals surface area contributed by atoms with Crippen LogP contribution in [0.5, 0.6) is 5.75 Å². The van der Waals surface area contributed by atoms with Crippen LogP contribution in [0.4, 0.5) is 0 Å². The summed E-state index contributed by atoms with van der Waals surface area (Å²) in [6.07, 6.45) is 4.71. The lowest BCUT2D eigenvalue weighted by Gasteiger charge is -2.28. The van der Waals surface area contributed by atoms with Crippen LogP contribution in [0.1, 0.15) is 50.8 Å². The number of rotatable bonds is 6. The minimum absolute atomic E-state index is 0.165. The Morgan fingerprint density at radius 1 is 1.36 bits per heavy atom. The number of nitrogens with one attached hydrogen (secondary N) is 2. The molecule has 136 valence electrons. The summed E-state index contributed by atoms with van der Waals surface area (Å²) in [5.41, 5.74) is 3.00. The van der Waals surface area contributed by atoms with Crippen molar-refractivity contribution in [3.8, 4) is 5.75 Å². The Bertz CT molecular complexity index is 781. The standard InChI is InChI=1S/C21H30N2O2/c1-4-5-11-25-17-8-9-20-18(12-17)21(24)19(16(3)22-20)14-23-10-6-7-15(2)13-23/h8-9,12,15H,4-7,10-11,13-14H2,1-3H3,(H,22,24)/p+1/t15-/m1/s1. The number of likely N-dealkylation sites (tertiary alicyclic amines) is 1. The van der Waals surface area contributed by atoms with E-state index < -0.39 is 0 Å². The first-order chi connectivity index (χ1) is 12.1. The number of ether oxygens (including phenoxy) is 1. The Hall–Kier alpha value is -1.81. The van der Waals surface area contributed by atoms with E-state index in [4.69, 9.17) is 4.74 Å². The van der Waals surface area contributed by atoms with Gasteiger partial charge in [-0.25, -0.2) is 0 Å². The summed E-state index contributed by atoms with van der Waals surface area (Å²) in [4.78, 5) is 18.1. The number of hydrogen-bond acceptors (Lipinski definition) is 2. The van der Waals surface area contributed by atoms with Gasteiger partial charge in [-0.1, -0.05) is 20.3 Å². The van der Waals surface area contributed by atoms with Crippen LogP contribution in [-0.2, 0) is 6.54 Å². The third-order valence-electron chi connectivity index (χ3n) is 5.34. The molecule has 2 heterocycles. The second kappa shape index (κ2) is 8.05. The largest absolute Gasteiger partial charge is 0.494 e. The molecule has 0 aliphatic carbocycles. The van der Waals surface area contributed by atoms with Crippen molar-refractivity contribution >= 4 is 10.9 Å². The number of aryl methyl sites for hydroxylation is 1. The van der Waals surface area contributed by atoms with Crippen molar-refractivity contribution in [2.75, 3.05) is 19.7 Å². The van der Waals surface area contributed by atoms with Crippen molar-refractivity contribution in [1.29, 1.82) is 0 Å². The monoisotopic (exact) mass is 343 g/mol. The third-order valence-corrected chi connectivity index (χ3v) is 5.34. The van der Waals surface area contributed by atoms with Gasteiger partial charge < -0.3 is 14.6 Å². The van der Waals surface area contributed by atoms with Crippen LogP contribution in [0.3, 0.4) is 0 Å². The molecule has 2 N–H and O–H groups in total. The molecule has 0 saturated carbocycles. The van der Waals surface area contributed by atoms with Gasteiger partial charge in [-0.3, -0.25) is 4.79 Å². The average Bonchev–Trinajstić information content (AvgIpc) is 2.59. The SMILES string of the molecule is CCCCOc1ccc2[nH]c(C)c(C[NH+]3CCC[C@@H](C)C3)c(=O)c2c1. The molecule has 2 atom stereocenters. The molecule has 1 saturated heterocycles. The summed E-state index contributed by atoms with van der Waals surface area (Å²) in [6, 6.07) is 5.82. The fourth-order valence-electron chi connectivity index (χ4n) is 3.88. The van der Waals surface area contributed by atoms with E-state index in [1.54, 1.807) is 0 Å². The van der Waals surface area contributed by atoms with E-state index in [1.165, 1.54) is 24.3 Å². The average molecular weight is 343 g/mol. The van der Waals surface area contributed by atoms with Crippen LogP contribution in [0.25, 0.3) is 10.9 Å². The molecule has 1 aromatic heterocycles. The molecule has 1 aliphatic heterocycles. The second-order valence-electron chi connectivity index (χ2n) is 7.60. The van der Waals surface area contributed by atoms with Gasteiger partial charge in [0.2, 0.25) is 0 Å². The van der Waals surface area contributed by atoms with Crippen molar-refractivity contribution < 1.29 is 9.64 Å². The predicted molar refractivity (Wildman–Crippen MR) is 103 cm³/mol. The highest BCUT2D eigenvalue weighted by molar-refractivity contribution is 5.81. The minimum atomic E-state index is 0.165. The highest BCUT2D eigenvalue weighted by Crippen LogP contribution is 2.19. The normalized spacial score (nSPS) is 20.8. The summed E-state index contributed by atoms with van der Waals surface area (Å²) in [5, 5.41) is 0.749. The first-order valence-corrected chi connectivity index (χ1v) is 9.70. The zero-order valence-corrected chi connectivity index (χ0v) is 15.8. The first-order valence-electron chi connectivity index (χ1n) is 9.70. The maximum Gasteiger partial charge on any atom is 0.198 e. The number of fused-ring (bicyclic) bond motifs is 1. The Morgan fingerprint density at radius 2 is 2.20 bits per heavy atom. The van der Waals surface area contributed by atoms with E-state index in [0.29, 0.717) is 6.61 Å². The van der Waals surface area contributed by atoms with Crippen molar-refractivity contribution in [2.45, 2.75) is 53.0 Å². The fourth-order valence-corrected chi connectivity index (χ4v) is 3.88. The van der Waals surface area contributed by atoms with Gasteiger partial charge in [0.15, 0.2) is 5.43 Å². The van der Waals surface area contributed by atoms with E-state index in [-0.39, 0.29) is 5.43 Å². The number of unbranched alkanes of at least 4 members (excludes halogenated alkanes) is 1. The molecule has 4 nitrogen and oxygen atoms in total. The van der Waals surface area contributed by atoms with Crippen LogP contribution < -0.4 is 15.1 Å². The van der Waals surface area contributed by atoms with E-state index in [2.05, 4.69) is 18.8 Å². The van der Waals surface area contributed by atoms with Crippen molar-refractivity contribution in [3.63, 3.8) is 0 Å². The van der Waals surface area contributed by atoms with Crippen LogP contribution in [0.2, 0.25) is 0 Å². The van der Waals surface area contributed by atoms with E-state index in [0.717, 1.165) is 59.8 Å². The van der Waals surface area contributed by atoms with Gasteiger partial charge in [-0.2, -0.15) is 0 Å². The number of pyridine rings is 1. The Kier molecular flexibility index (Phi) is 5.79. The maximum atomic E-state index is 13.1. The quantitative estimate of drug-likeness (QED) is 0.792. The molecule has 1 unspecified atom stereocenters. The summed E-state index contributed by atoms with van der Waals surface area (Å²) >= 11 is 0. The number of hydrogen-bond donors (Lipinski definition) is 2. The molecule has 1 aliphatic rings. The molecule has 1 aromatic carbocycles. The molecule has 0 bridgehead atoms. The van der Waals surface area contributed by atoms with E-state index in [9.17, 15) is 4.79 Å². The molecule has 4 heteroatoms. The highest BCUT2D eigenvalue weighted by atomic mass is 16.5. The van der Waals surface area contributed by atoms with E-state index >= 15 is 0 Å². The van der Waals surface area contributed by atoms with Gasteiger partial charge in [-0.15, -0.1) is 0 Å². The smallest absolute Gasteiger partial charge is 0.198 e. The van der Waals surface area contributed by atoms with Crippen molar-refractivity contribution in [2.24, 2.45) is 5.92 Å². The van der Waals surface area contributed by atoms with Crippen molar-refractivity contribution in [3.05, 3.63) is 39.7 Å². The lowest BCUT2D eigenvalue weighted by molar-refractivity contribution is -0.922. The number of H-pyrrole nitrogens is 1. The second-order valence-corrected chi connectivity index (χ2v) is 7.60. The molecule has 25 heavy (non-hydrogen) atoms. The van der Waals surface area contributed by atoms with Gasteiger partial charge in [0.25, 0.3) is 0 Å². The number of quaternary nitrogens is 1. The summed E-state index contributed by atoms with van der Waals surface area (Å²) in [6.45, 7) is 10.3. The molecule has 2 aromatic rings.